The molecule has 1 amide bonds. The first-order valence-electron chi connectivity index (χ1n) is 7.54. The molecule has 0 unspecified atom stereocenters. The van der Waals surface area contributed by atoms with Crippen LogP contribution in [0.2, 0.25) is 0 Å². The van der Waals surface area contributed by atoms with E-state index in [2.05, 4.69) is 5.32 Å². The zero-order chi connectivity index (χ0) is 17.4. The average Bonchev–Trinajstić information content (AvgIpc) is 2.61. The highest BCUT2D eigenvalue weighted by Crippen LogP contribution is 2.20. The zero-order valence-corrected chi connectivity index (χ0v) is 13.6. The smallest absolute Gasteiger partial charge is 0.339 e. The molecule has 2 aromatic rings. The molecule has 0 saturated heterocycles. The van der Waals surface area contributed by atoms with Crippen LogP contribution in [-0.4, -0.2) is 25.6 Å². The number of esters is 1. The summed E-state index contributed by atoms with van der Waals surface area (Å²) in [5.74, 6) is -0.145. The van der Waals surface area contributed by atoms with Crippen molar-refractivity contribution in [3.05, 3.63) is 65.7 Å². The third-order valence-electron chi connectivity index (χ3n) is 3.22. The van der Waals surface area contributed by atoms with Crippen molar-refractivity contribution < 1.29 is 19.1 Å². The highest BCUT2D eigenvalue weighted by Gasteiger charge is 2.12. The van der Waals surface area contributed by atoms with Crippen molar-refractivity contribution in [2.24, 2.45) is 0 Å². The Balaban J connectivity index is 2.13. The lowest BCUT2D eigenvalue weighted by molar-refractivity contribution is -0.111. The Bertz CT molecular complexity index is 753. The number of benzene rings is 2. The van der Waals surface area contributed by atoms with E-state index in [1.807, 2.05) is 31.2 Å². The number of hydrogen-bond acceptors (Lipinski definition) is 4. The van der Waals surface area contributed by atoms with Crippen LogP contribution in [0.15, 0.2) is 54.6 Å². The van der Waals surface area contributed by atoms with Gasteiger partial charge in [0.2, 0.25) is 5.91 Å². The Kier molecular flexibility index (Phi) is 6.14. The molecule has 0 aliphatic carbocycles. The van der Waals surface area contributed by atoms with E-state index in [1.165, 1.54) is 13.2 Å². The van der Waals surface area contributed by atoms with E-state index in [0.29, 0.717) is 23.6 Å². The molecule has 1 N–H and O–H groups in total. The molecule has 0 aliphatic rings. The van der Waals surface area contributed by atoms with Crippen molar-refractivity contribution in [1.29, 1.82) is 0 Å². The number of methoxy groups -OCH3 is 1. The molecular formula is C19H19NO4. The molecule has 0 bridgehead atoms. The molecular weight excluding hydrogens is 306 g/mol. The van der Waals surface area contributed by atoms with Crippen LogP contribution in [0.1, 0.15) is 22.8 Å². The number of anilines is 1. The third-order valence-corrected chi connectivity index (χ3v) is 3.22. The predicted molar refractivity (Wildman–Crippen MR) is 93.1 cm³/mol. The molecule has 24 heavy (non-hydrogen) atoms. The Labute approximate surface area is 140 Å². The van der Waals surface area contributed by atoms with Crippen LogP contribution in [0.5, 0.6) is 5.75 Å². The van der Waals surface area contributed by atoms with E-state index in [9.17, 15) is 9.59 Å². The van der Waals surface area contributed by atoms with Gasteiger partial charge in [-0.05, 0) is 31.2 Å². The Hall–Kier alpha value is -3.08. The highest BCUT2D eigenvalue weighted by atomic mass is 16.5. The number of amides is 1. The minimum atomic E-state index is -0.503. The molecule has 2 aromatic carbocycles. The van der Waals surface area contributed by atoms with Gasteiger partial charge in [0.1, 0.15) is 5.75 Å². The number of rotatable bonds is 6. The van der Waals surface area contributed by atoms with Crippen LogP contribution in [-0.2, 0) is 9.53 Å². The van der Waals surface area contributed by atoms with Gasteiger partial charge >= 0.3 is 5.97 Å². The van der Waals surface area contributed by atoms with Crippen molar-refractivity contribution in [1.82, 2.24) is 0 Å². The second-order valence-electron chi connectivity index (χ2n) is 4.83. The van der Waals surface area contributed by atoms with E-state index in [4.69, 9.17) is 9.47 Å². The molecule has 0 aliphatic heterocycles. The average molecular weight is 325 g/mol. The van der Waals surface area contributed by atoms with E-state index in [1.54, 1.807) is 30.3 Å². The summed E-state index contributed by atoms with van der Waals surface area (Å²) in [6, 6.07) is 14.1. The zero-order valence-electron chi connectivity index (χ0n) is 13.6. The van der Waals surface area contributed by atoms with Gasteiger partial charge in [-0.25, -0.2) is 4.79 Å². The fourth-order valence-electron chi connectivity index (χ4n) is 2.13. The van der Waals surface area contributed by atoms with Gasteiger partial charge in [-0.3, -0.25) is 4.79 Å². The summed E-state index contributed by atoms with van der Waals surface area (Å²) in [6.07, 6.45) is 3.06. The van der Waals surface area contributed by atoms with Crippen molar-refractivity contribution >= 4 is 23.6 Å². The van der Waals surface area contributed by atoms with Crippen molar-refractivity contribution in [3.63, 3.8) is 0 Å². The van der Waals surface area contributed by atoms with Gasteiger partial charge in [0.25, 0.3) is 0 Å². The van der Waals surface area contributed by atoms with Gasteiger partial charge < -0.3 is 14.8 Å². The van der Waals surface area contributed by atoms with Crippen LogP contribution in [0.3, 0.4) is 0 Å². The molecule has 0 aromatic heterocycles. The lowest BCUT2D eigenvalue weighted by Gasteiger charge is -2.08. The van der Waals surface area contributed by atoms with Crippen LogP contribution in [0, 0.1) is 0 Å². The van der Waals surface area contributed by atoms with Gasteiger partial charge in [-0.15, -0.1) is 0 Å². The van der Waals surface area contributed by atoms with E-state index >= 15 is 0 Å². The second kappa shape index (κ2) is 8.53. The maximum atomic E-state index is 12.1. The van der Waals surface area contributed by atoms with Crippen molar-refractivity contribution in [2.75, 3.05) is 19.0 Å². The number of nitrogens with one attached hydrogen (secondary N) is 1. The molecule has 5 heteroatoms. The van der Waals surface area contributed by atoms with Crippen LogP contribution in [0.4, 0.5) is 5.69 Å². The molecule has 0 fully saturated rings. The predicted octanol–water partition coefficient (Wildman–Crippen LogP) is 3.52. The highest BCUT2D eigenvalue weighted by molar-refractivity contribution is 6.06. The molecule has 0 radical (unpaired) electrons. The minimum Gasteiger partial charge on any atom is -0.493 e. The van der Waals surface area contributed by atoms with Crippen molar-refractivity contribution in [3.8, 4) is 5.75 Å². The third kappa shape index (κ3) is 4.46. The lowest BCUT2D eigenvalue weighted by atomic mass is 10.1. The first-order valence-corrected chi connectivity index (χ1v) is 7.54. The Morgan fingerprint density at radius 2 is 1.79 bits per heavy atom. The molecule has 0 spiro atoms. The standard InChI is InChI=1S/C19H19NO4/c1-3-24-17-11-7-4-8-14(17)12-13-18(21)20-16-10-6-5-9-15(16)19(22)23-2/h4-13H,3H2,1-2H3,(H,20,21). The van der Waals surface area contributed by atoms with Gasteiger partial charge in [-0.2, -0.15) is 0 Å². The summed E-state index contributed by atoms with van der Waals surface area (Å²) in [4.78, 5) is 23.8. The van der Waals surface area contributed by atoms with E-state index in [0.717, 1.165) is 5.56 Å². The lowest BCUT2D eigenvalue weighted by Crippen LogP contribution is -2.12. The van der Waals surface area contributed by atoms with Crippen LogP contribution in [0.25, 0.3) is 6.08 Å². The largest absolute Gasteiger partial charge is 0.493 e. The minimum absolute atomic E-state index is 0.302. The normalized spacial score (nSPS) is 10.4. The fourth-order valence-corrected chi connectivity index (χ4v) is 2.13. The van der Waals surface area contributed by atoms with E-state index < -0.39 is 5.97 Å². The number of carbonyl (C=O) groups is 2. The monoisotopic (exact) mass is 325 g/mol. The number of carbonyl (C=O) groups excluding carboxylic acids is 2. The number of hydrogen-bond donors (Lipinski definition) is 1. The van der Waals surface area contributed by atoms with Crippen LogP contribution >= 0.6 is 0 Å². The number of ether oxygens (including phenoxy) is 2. The molecule has 124 valence electrons. The van der Waals surface area contributed by atoms with Gasteiger partial charge in [0.05, 0.1) is 25.0 Å². The number of para-hydroxylation sites is 2. The maximum Gasteiger partial charge on any atom is 0.339 e. The molecule has 0 atom stereocenters. The first-order chi connectivity index (χ1) is 11.7. The summed E-state index contributed by atoms with van der Waals surface area (Å²) < 4.78 is 10.2. The van der Waals surface area contributed by atoms with Gasteiger partial charge in [0, 0.05) is 11.6 Å². The summed E-state index contributed by atoms with van der Waals surface area (Å²) in [6.45, 7) is 2.44. The summed E-state index contributed by atoms with van der Waals surface area (Å²) in [7, 11) is 1.30. The summed E-state index contributed by atoms with van der Waals surface area (Å²) in [5, 5.41) is 2.68. The fraction of sp³-hybridized carbons (Fsp3) is 0.158. The molecule has 2 rings (SSSR count). The topological polar surface area (TPSA) is 64.6 Å². The SMILES string of the molecule is CCOc1ccccc1C=CC(=O)Nc1ccccc1C(=O)OC. The molecule has 5 nitrogen and oxygen atoms in total. The summed E-state index contributed by atoms with van der Waals surface area (Å²) >= 11 is 0. The van der Waals surface area contributed by atoms with Crippen LogP contribution < -0.4 is 10.1 Å². The summed E-state index contributed by atoms with van der Waals surface area (Å²) in [5.41, 5.74) is 1.50. The molecule has 0 heterocycles. The first kappa shape index (κ1) is 17.3. The van der Waals surface area contributed by atoms with E-state index in [-0.39, 0.29) is 5.91 Å². The Morgan fingerprint density at radius 1 is 1.08 bits per heavy atom. The quantitative estimate of drug-likeness (QED) is 0.652. The Morgan fingerprint density at radius 3 is 2.54 bits per heavy atom. The maximum absolute atomic E-state index is 12.1. The van der Waals surface area contributed by atoms with Crippen molar-refractivity contribution in [2.45, 2.75) is 6.92 Å². The van der Waals surface area contributed by atoms with Gasteiger partial charge in [-0.1, -0.05) is 30.3 Å². The van der Waals surface area contributed by atoms with Gasteiger partial charge in [0.15, 0.2) is 0 Å². The molecule has 0 saturated carbocycles. The second-order valence-corrected chi connectivity index (χ2v) is 4.83.